The maximum absolute atomic E-state index is 13.3. The zero-order valence-corrected chi connectivity index (χ0v) is 17.6. The van der Waals surface area contributed by atoms with Crippen LogP contribution in [-0.4, -0.2) is 22.3 Å². The van der Waals surface area contributed by atoms with Gasteiger partial charge in [0, 0.05) is 22.3 Å². The molecule has 2 aromatic carbocycles. The topological polar surface area (TPSA) is 73.7 Å². The van der Waals surface area contributed by atoms with Gasteiger partial charge in [-0.05, 0) is 30.3 Å². The molecule has 1 aliphatic carbocycles. The van der Waals surface area contributed by atoms with E-state index in [0.717, 1.165) is 28.9 Å². The Hall–Kier alpha value is -3.21. The van der Waals surface area contributed by atoms with Crippen LogP contribution in [0.5, 0.6) is 5.75 Å². The highest BCUT2D eigenvalue weighted by Gasteiger charge is 2.64. The molecule has 2 N–H and O–H groups in total. The molecular formula is C23H23F3N4O. The lowest BCUT2D eigenvalue weighted by Gasteiger charge is -2.63. The van der Waals surface area contributed by atoms with E-state index in [9.17, 15) is 13.2 Å². The van der Waals surface area contributed by atoms with Gasteiger partial charge in [0.2, 0.25) is 0 Å². The molecule has 3 aromatic rings. The summed E-state index contributed by atoms with van der Waals surface area (Å²) in [6.07, 6.45) is -4.98. The average molecular weight is 428 g/mol. The van der Waals surface area contributed by atoms with Crippen LogP contribution in [0, 0.1) is 22.2 Å². The first kappa shape index (κ1) is 21.0. The van der Waals surface area contributed by atoms with Gasteiger partial charge < -0.3 is 10.1 Å². The lowest BCUT2D eigenvalue weighted by atomic mass is 9.49. The van der Waals surface area contributed by atoms with Crippen molar-refractivity contribution in [1.29, 1.82) is 5.26 Å². The highest BCUT2D eigenvalue weighted by Crippen LogP contribution is 2.57. The summed E-state index contributed by atoms with van der Waals surface area (Å²) in [6, 6.07) is 12.8. The fourth-order valence-corrected chi connectivity index (χ4v) is 5.07. The number of nitriles is 1. The summed E-state index contributed by atoms with van der Waals surface area (Å²) >= 11 is 0. The third-order valence-corrected chi connectivity index (χ3v) is 6.26. The summed E-state index contributed by atoms with van der Waals surface area (Å²) in [7, 11) is 0. The number of aromatic amines is 1. The van der Waals surface area contributed by atoms with Crippen LogP contribution in [-0.2, 0) is 6.18 Å². The molecule has 0 bridgehead atoms. The minimum absolute atomic E-state index is 0.0304. The van der Waals surface area contributed by atoms with Crippen molar-refractivity contribution in [2.24, 2.45) is 10.8 Å². The third kappa shape index (κ3) is 3.38. The quantitative estimate of drug-likeness (QED) is 0.555. The number of nitrogens with one attached hydrogen (secondary N) is 2. The summed E-state index contributed by atoms with van der Waals surface area (Å²) in [4.78, 5) is 0. The average Bonchev–Trinajstić information content (AvgIpc) is 3.12. The Balaban J connectivity index is 1.59. The Bertz CT molecular complexity index is 1160. The van der Waals surface area contributed by atoms with Crippen LogP contribution < -0.4 is 10.1 Å². The number of nitrogens with zero attached hydrogens (tertiary/aromatic N) is 2. The van der Waals surface area contributed by atoms with E-state index < -0.39 is 28.1 Å². The number of para-hydroxylation sites is 1. The minimum Gasteiger partial charge on any atom is -0.489 e. The van der Waals surface area contributed by atoms with Crippen molar-refractivity contribution in [1.82, 2.24) is 10.2 Å². The molecule has 0 aliphatic heterocycles. The van der Waals surface area contributed by atoms with E-state index in [1.54, 1.807) is 6.07 Å². The van der Waals surface area contributed by atoms with Crippen LogP contribution in [0.3, 0.4) is 0 Å². The summed E-state index contributed by atoms with van der Waals surface area (Å²) in [5.74, 6) is 0.832. The van der Waals surface area contributed by atoms with E-state index in [2.05, 4.69) is 15.5 Å². The van der Waals surface area contributed by atoms with Gasteiger partial charge in [0.05, 0.1) is 22.7 Å². The van der Waals surface area contributed by atoms with Gasteiger partial charge in [0.25, 0.3) is 0 Å². The third-order valence-electron chi connectivity index (χ3n) is 6.26. The van der Waals surface area contributed by atoms with Crippen molar-refractivity contribution >= 4 is 16.7 Å². The van der Waals surface area contributed by atoms with Crippen molar-refractivity contribution < 1.29 is 17.9 Å². The van der Waals surface area contributed by atoms with E-state index in [4.69, 9.17) is 10.00 Å². The second-order valence-electron chi connectivity index (χ2n) is 9.15. The number of alkyl halides is 3. The predicted molar refractivity (Wildman–Crippen MR) is 112 cm³/mol. The fraction of sp³-hybridized carbons (Fsp3) is 0.391. The molecule has 0 atom stereocenters. The molecule has 1 aromatic heterocycles. The predicted octanol–water partition coefficient (Wildman–Crippen LogP) is 5.75. The number of aromatic nitrogens is 2. The molecule has 1 aliphatic rings. The largest absolute Gasteiger partial charge is 0.489 e. The number of fused-ring (bicyclic) bond motifs is 1. The molecular weight excluding hydrogens is 405 g/mol. The maximum atomic E-state index is 13.3. The van der Waals surface area contributed by atoms with Crippen LogP contribution >= 0.6 is 0 Å². The summed E-state index contributed by atoms with van der Waals surface area (Å²) in [5.41, 5.74) is -1.27. The molecule has 5 nitrogen and oxygen atoms in total. The van der Waals surface area contributed by atoms with Gasteiger partial charge in [0.1, 0.15) is 11.9 Å². The number of hydrogen-bond acceptors (Lipinski definition) is 4. The monoisotopic (exact) mass is 428 g/mol. The highest BCUT2D eigenvalue weighted by molar-refractivity contribution is 5.89. The molecule has 8 heteroatoms. The zero-order chi connectivity index (χ0) is 22.6. The number of ether oxygens (including phenoxy) is 1. The highest BCUT2D eigenvalue weighted by atomic mass is 19.4. The van der Waals surface area contributed by atoms with Gasteiger partial charge in [-0.3, -0.25) is 5.10 Å². The molecule has 0 unspecified atom stereocenters. The van der Waals surface area contributed by atoms with Crippen molar-refractivity contribution in [2.45, 2.75) is 46.0 Å². The first-order valence-corrected chi connectivity index (χ1v) is 9.94. The molecule has 0 saturated heterocycles. The van der Waals surface area contributed by atoms with Gasteiger partial charge in [-0.15, -0.1) is 0 Å². The van der Waals surface area contributed by atoms with Crippen LogP contribution in [0.25, 0.3) is 10.9 Å². The van der Waals surface area contributed by atoms with Crippen LogP contribution in [0.15, 0.2) is 42.5 Å². The number of rotatable bonds is 4. The van der Waals surface area contributed by atoms with Gasteiger partial charge in [-0.25, -0.2) is 0 Å². The second-order valence-corrected chi connectivity index (χ2v) is 9.15. The Morgan fingerprint density at radius 3 is 2.42 bits per heavy atom. The van der Waals surface area contributed by atoms with Crippen LogP contribution in [0.1, 0.15) is 38.8 Å². The van der Waals surface area contributed by atoms with Crippen LogP contribution in [0.2, 0.25) is 0 Å². The molecule has 162 valence electrons. The maximum Gasteiger partial charge on any atom is 0.417 e. The molecule has 4 rings (SSSR count). The van der Waals surface area contributed by atoms with Gasteiger partial charge >= 0.3 is 6.18 Å². The number of anilines is 1. The fourth-order valence-electron chi connectivity index (χ4n) is 5.07. The van der Waals surface area contributed by atoms with E-state index in [0.29, 0.717) is 0 Å². The minimum atomic E-state index is -4.62. The molecule has 31 heavy (non-hydrogen) atoms. The Kier molecular flexibility index (Phi) is 4.69. The molecule has 0 radical (unpaired) electrons. The Morgan fingerprint density at radius 1 is 1.10 bits per heavy atom. The zero-order valence-electron chi connectivity index (χ0n) is 17.6. The second kappa shape index (κ2) is 6.91. The number of benzene rings is 2. The molecule has 0 amide bonds. The lowest BCUT2D eigenvalue weighted by Crippen LogP contribution is -2.72. The number of hydrogen-bond donors (Lipinski definition) is 2. The normalized spacial score (nSPS) is 21.9. The number of halogens is 3. The Morgan fingerprint density at radius 2 is 1.77 bits per heavy atom. The van der Waals surface area contributed by atoms with E-state index >= 15 is 0 Å². The smallest absolute Gasteiger partial charge is 0.417 e. The standard InChI is InChI=1S/C23H23F3N4O/c1-21(2)19(28-18-15-7-5-6-8-17(15)29-30-18)22(3,4)20(21)31-14-10-9-13(12-27)16(11-14)23(24,25)26/h5-11,19-20H,1-4H3,(H2,28,29,30). The van der Waals surface area contributed by atoms with Gasteiger partial charge in [-0.1, -0.05) is 39.8 Å². The summed E-state index contributed by atoms with van der Waals surface area (Å²) in [5, 5.41) is 20.9. The van der Waals surface area contributed by atoms with Crippen LogP contribution in [0.4, 0.5) is 19.0 Å². The first-order chi connectivity index (χ1) is 14.5. The van der Waals surface area contributed by atoms with Gasteiger partial charge in [0.15, 0.2) is 5.82 Å². The number of H-pyrrole nitrogens is 1. The van der Waals surface area contributed by atoms with Crippen molar-refractivity contribution in [3.8, 4) is 11.8 Å². The lowest BCUT2D eigenvalue weighted by molar-refractivity contribution is -0.148. The molecule has 1 saturated carbocycles. The van der Waals surface area contributed by atoms with Crippen molar-refractivity contribution in [2.75, 3.05) is 5.32 Å². The summed E-state index contributed by atoms with van der Waals surface area (Å²) in [6.45, 7) is 8.07. The SMILES string of the molecule is CC1(C)C(Nc2n[nH]c3ccccc23)C(C)(C)C1Oc1ccc(C#N)c(C(F)(F)F)c1. The van der Waals surface area contributed by atoms with E-state index in [1.165, 1.54) is 6.07 Å². The van der Waals surface area contributed by atoms with Gasteiger partial charge in [-0.2, -0.15) is 23.5 Å². The molecule has 1 fully saturated rings. The van der Waals surface area contributed by atoms with Crippen molar-refractivity contribution in [3.05, 3.63) is 53.6 Å². The van der Waals surface area contributed by atoms with E-state index in [1.807, 2.05) is 52.0 Å². The van der Waals surface area contributed by atoms with E-state index in [-0.39, 0.29) is 17.9 Å². The van der Waals surface area contributed by atoms with Crippen molar-refractivity contribution in [3.63, 3.8) is 0 Å². The Labute approximate surface area is 178 Å². The first-order valence-electron chi connectivity index (χ1n) is 9.94. The molecule has 0 spiro atoms. The molecule has 1 heterocycles. The summed E-state index contributed by atoms with van der Waals surface area (Å²) < 4.78 is 46.1.